The Morgan fingerprint density at radius 1 is 1.21 bits per heavy atom. The van der Waals surface area contributed by atoms with Gasteiger partial charge in [-0.3, -0.25) is 4.79 Å². The van der Waals surface area contributed by atoms with E-state index in [9.17, 15) is 4.79 Å². The van der Waals surface area contributed by atoms with Crippen LogP contribution < -0.4 is 5.32 Å². The Labute approximate surface area is 113 Å². The average Bonchev–Trinajstić information content (AvgIpc) is 2.93. The molecule has 0 amide bonds. The lowest BCUT2D eigenvalue weighted by molar-refractivity contribution is 0.0955. The highest BCUT2D eigenvalue weighted by atomic mass is 16.3. The molecular formula is C16H19NO2. The fourth-order valence-corrected chi connectivity index (χ4v) is 2.03. The molecule has 3 nitrogen and oxygen atoms in total. The molecule has 1 aromatic carbocycles. The van der Waals surface area contributed by atoms with Crippen LogP contribution in [0.2, 0.25) is 0 Å². The normalized spacial score (nSPS) is 12.3. The summed E-state index contributed by atoms with van der Waals surface area (Å²) in [6, 6.07) is 14.1. The fraction of sp³-hybridized carbons (Fsp3) is 0.312. The predicted octanol–water partition coefficient (Wildman–Crippen LogP) is 3.07. The standard InChI is InChI=1S/C16H19NO2/c1-13(12-14-6-3-2-4-7-14)17-10-9-15(18)16-8-5-11-19-16/h2-8,11,13,17H,9-10,12H2,1H3. The molecule has 1 unspecified atom stereocenters. The maximum Gasteiger partial charge on any atom is 0.199 e. The molecule has 1 N–H and O–H groups in total. The SMILES string of the molecule is CC(Cc1ccccc1)NCCC(=O)c1ccco1. The highest BCUT2D eigenvalue weighted by molar-refractivity contribution is 5.93. The highest BCUT2D eigenvalue weighted by Crippen LogP contribution is 2.05. The van der Waals surface area contributed by atoms with Crippen molar-refractivity contribution >= 4 is 5.78 Å². The Bertz CT molecular complexity index is 491. The first-order valence-electron chi connectivity index (χ1n) is 6.59. The number of hydrogen-bond acceptors (Lipinski definition) is 3. The van der Waals surface area contributed by atoms with Crippen molar-refractivity contribution in [2.24, 2.45) is 0 Å². The zero-order valence-corrected chi connectivity index (χ0v) is 11.1. The summed E-state index contributed by atoms with van der Waals surface area (Å²) >= 11 is 0. The molecule has 19 heavy (non-hydrogen) atoms. The van der Waals surface area contributed by atoms with Crippen LogP contribution in [0.15, 0.2) is 53.1 Å². The monoisotopic (exact) mass is 257 g/mol. The number of furan rings is 1. The van der Waals surface area contributed by atoms with Gasteiger partial charge in [0, 0.05) is 19.0 Å². The number of carbonyl (C=O) groups is 1. The second-order valence-electron chi connectivity index (χ2n) is 4.70. The molecule has 1 aromatic heterocycles. The van der Waals surface area contributed by atoms with E-state index in [1.807, 2.05) is 18.2 Å². The van der Waals surface area contributed by atoms with E-state index in [2.05, 4.69) is 24.4 Å². The molecule has 2 aromatic rings. The van der Waals surface area contributed by atoms with Gasteiger partial charge in [0.05, 0.1) is 6.26 Å². The summed E-state index contributed by atoms with van der Waals surface area (Å²) in [4.78, 5) is 11.7. The Morgan fingerprint density at radius 2 is 2.00 bits per heavy atom. The van der Waals surface area contributed by atoms with Crippen molar-refractivity contribution in [1.29, 1.82) is 0 Å². The molecule has 0 radical (unpaired) electrons. The first-order chi connectivity index (χ1) is 9.25. The number of benzene rings is 1. The van der Waals surface area contributed by atoms with E-state index in [1.165, 1.54) is 11.8 Å². The summed E-state index contributed by atoms with van der Waals surface area (Å²) < 4.78 is 5.07. The van der Waals surface area contributed by atoms with E-state index in [0.29, 0.717) is 24.8 Å². The van der Waals surface area contributed by atoms with Crippen LogP contribution in [0.5, 0.6) is 0 Å². The Kier molecular flexibility index (Phi) is 4.93. The van der Waals surface area contributed by atoms with Crippen LogP contribution in [0.1, 0.15) is 29.5 Å². The molecule has 0 aliphatic rings. The van der Waals surface area contributed by atoms with Crippen LogP contribution in [0.25, 0.3) is 0 Å². The Balaban J connectivity index is 1.69. The molecule has 0 bridgehead atoms. The summed E-state index contributed by atoms with van der Waals surface area (Å²) in [5, 5.41) is 3.36. The molecule has 2 rings (SSSR count). The Morgan fingerprint density at radius 3 is 2.68 bits per heavy atom. The van der Waals surface area contributed by atoms with Gasteiger partial charge in [0.1, 0.15) is 0 Å². The van der Waals surface area contributed by atoms with Crippen molar-refractivity contribution in [3.05, 3.63) is 60.1 Å². The molecule has 0 spiro atoms. The van der Waals surface area contributed by atoms with Crippen molar-refractivity contribution in [3.8, 4) is 0 Å². The van der Waals surface area contributed by atoms with Crippen LogP contribution in [-0.2, 0) is 6.42 Å². The molecule has 0 saturated carbocycles. The lowest BCUT2D eigenvalue weighted by Gasteiger charge is -2.13. The Hall–Kier alpha value is -1.87. The average molecular weight is 257 g/mol. The zero-order valence-electron chi connectivity index (χ0n) is 11.1. The molecule has 0 saturated heterocycles. The van der Waals surface area contributed by atoms with Crippen LogP contribution in [0.4, 0.5) is 0 Å². The molecule has 1 atom stereocenters. The van der Waals surface area contributed by atoms with Crippen LogP contribution in [0.3, 0.4) is 0 Å². The van der Waals surface area contributed by atoms with Gasteiger partial charge in [0.2, 0.25) is 0 Å². The fourth-order valence-electron chi connectivity index (χ4n) is 2.03. The van der Waals surface area contributed by atoms with E-state index in [1.54, 1.807) is 12.1 Å². The van der Waals surface area contributed by atoms with Gasteiger partial charge in [-0.2, -0.15) is 0 Å². The van der Waals surface area contributed by atoms with Crippen molar-refractivity contribution in [2.45, 2.75) is 25.8 Å². The summed E-state index contributed by atoms with van der Waals surface area (Å²) in [5.74, 6) is 0.488. The van der Waals surface area contributed by atoms with Gasteiger partial charge < -0.3 is 9.73 Å². The van der Waals surface area contributed by atoms with Crippen molar-refractivity contribution in [2.75, 3.05) is 6.54 Å². The molecule has 0 aliphatic heterocycles. The lowest BCUT2D eigenvalue weighted by atomic mass is 10.1. The molecule has 100 valence electrons. The lowest BCUT2D eigenvalue weighted by Crippen LogP contribution is -2.30. The second-order valence-corrected chi connectivity index (χ2v) is 4.70. The first-order valence-corrected chi connectivity index (χ1v) is 6.59. The summed E-state index contributed by atoms with van der Waals surface area (Å²) in [5.41, 5.74) is 1.31. The minimum absolute atomic E-state index is 0.0458. The summed E-state index contributed by atoms with van der Waals surface area (Å²) in [6.07, 6.45) is 2.96. The topological polar surface area (TPSA) is 42.2 Å². The van der Waals surface area contributed by atoms with Crippen molar-refractivity contribution < 1.29 is 9.21 Å². The molecule has 0 aliphatic carbocycles. The third-order valence-corrected chi connectivity index (χ3v) is 3.03. The number of rotatable bonds is 7. The van der Waals surface area contributed by atoms with E-state index in [-0.39, 0.29) is 5.78 Å². The quantitative estimate of drug-likeness (QED) is 0.775. The molecule has 0 fully saturated rings. The van der Waals surface area contributed by atoms with Gasteiger partial charge in [-0.05, 0) is 31.0 Å². The third kappa shape index (κ3) is 4.38. The van der Waals surface area contributed by atoms with Crippen LogP contribution in [-0.4, -0.2) is 18.4 Å². The largest absolute Gasteiger partial charge is 0.461 e. The number of Topliss-reactive ketones (excluding diaryl/α,β-unsaturated/α-hetero) is 1. The minimum Gasteiger partial charge on any atom is -0.461 e. The van der Waals surface area contributed by atoms with Crippen molar-refractivity contribution in [3.63, 3.8) is 0 Å². The number of hydrogen-bond donors (Lipinski definition) is 1. The summed E-state index contributed by atoms with van der Waals surface area (Å²) in [6.45, 7) is 2.80. The number of carbonyl (C=O) groups excluding carboxylic acids is 1. The van der Waals surface area contributed by atoms with E-state index in [4.69, 9.17) is 4.42 Å². The number of nitrogens with one attached hydrogen (secondary N) is 1. The van der Waals surface area contributed by atoms with E-state index < -0.39 is 0 Å². The molecule has 3 heteroatoms. The van der Waals surface area contributed by atoms with Gasteiger partial charge >= 0.3 is 0 Å². The zero-order chi connectivity index (χ0) is 13.5. The molecule has 1 heterocycles. The summed E-state index contributed by atoms with van der Waals surface area (Å²) in [7, 11) is 0. The van der Waals surface area contributed by atoms with Crippen molar-refractivity contribution in [1.82, 2.24) is 5.32 Å². The van der Waals surface area contributed by atoms with E-state index >= 15 is 0 Å². The van der Waals surface area contributed by atoms with Crippen LogP contribution >= 0.6 is 0 Å². The predicted molar refractivity (Wildman–Crippen MR) is 75.3 cm³/mol. The maximum absolute atomic E-state index is 11.7. The van der Waals surface area contributed by atoms with Gasteiger partial charge in [-0.1, -0.05) is 30.3 Å². The molecular weight excluding hydrogens is 238 g/mol. The van der Waals surface area contributed by atoms with Gasteiger partial charge in [0.25, 0.3) is 0 Å². The second kappa shape index (κ2) is 6.90. The van der Waals surface area contributed by atoms with Gasteiger partial charge in [-0.25, -0.2) is 0 Å². The van der Waals surface area contributed by atoms with Crippen LogP contribution in [0, 0.1) is 0 Å². The third-order valence-electron chi connectivity index (χ3n) is 3.03. The first kappa shape index (κ1) is 13.6. The van der Waals surface area contributed by atoms with Gasteiger partial charge in [-0.15, -0.1) is 0 Å². The highest BCUT2D eigenvalue weighted by Gasteiger charge is 2.09. The number of ketones is 1. The minimum atomic E-state index is 0.0458. The smallest absolute Gasteiger partial charge is 0.199 e. The van der Waals surface area contributed by atoms with E-state index in [0.717, 1.165) is 6.42 Å². The maximum atomic E-state index is 11.7. The van der Waals surface area contributed by atoms with Gasteiger partial charge in [0.15, 0.2) is 11.5 Å².